The maximum absolute atomic E-state index is 14.2. The van der Waals surface area contributed by atoms with Gasteiger partial charge in [-0.1, -0.05) is 42.8 Å². The van der Waals surface area contributed by atoms with Crippen LogP contribution in [-0.2, 0) is 22.6 Å². The smallest absolute Gasteiger partial charge is 0.322 e. The molecule has 5 heterocycles. The fourth-order valence-corrected chi connectivity index (χ4v) is 8.12. The molecule has 1 N–H and O–H groups in total. The third kappa shape index (κ3) is 6.61. The minimum Gasteiger partial charge on any atom is -0.343 e. The van der Waals surface area contributed by atoms with E-state index in [1.807, 2.05) is 63.4 Å². The molecule has 3 saturated heterocycles. The molecule has 0 bridgehead atoms. The Morgan fingerprint density at radius 3 is 2.30 bits per heavy atom. The van der Waals surface area contributed by atoms with Crippen molar-refractivity contribution in [2.24, 2.45) is 5.92 Å². The topological polar surface area (TPSA) is 89.1 Å². The highest BCUT2D eigenvalue weighted by atomic mass is 16.2. The summed E-state index contributed by atoms with van der Waals surface area (Å²) in [5, 5.41) is 4.07. The van der Waals surface area contributed by atoms with Gasteiger partial charge in [0.25, 0.3) is 0 Å². The first-order valence-electron chi connectivity index (χ1n) is 17.3. The lowest BCUT2D eigenvalue weighted by atomic mass is 9.90. The highest BCUT2D eigenvalue weighted by Crippen LogP contribution is 2.30. The van der Waals surface area contributed by atoms with Gasteiger partial charge in [-0.05, 0) is 87.4 Å². The standard InChI is InChI=1S/C37H46N6O3/c44-35(41-20-15-31(16-21-41)43-26-28-8-2-4-10-33(28)39-37(43)46)25-29(24-27-12-17-38-34-11-5-3-9-32(27)34)36(45)42-22-13-30(14-23-42)40-18-6-1-7-19-40/h2-5,8-12,17,29-31H,1,6-7,13-16,18-26H2,(H,39,46)/t29-/m1/s1. The second-order valence-corrected chi connectivity index (χ2v) is 13.6. The van der Waals surface area contributed by atoms with Crippen molar-refractivity contribution in [1.82, 2.24) is 24.6 Å². The third-order valence-electron chi connectivity index (χ3n) is 10.8. The zero-order valence-corrected chi connectivity index (χ0v) is 26.8. The van der Waals surface area contributed by atoms with E-state index in [-0.39, 0.29) is 30.3 Å². The molecule has 3 fully saturated rings. The third-order valence-corrected chi connectivity index (χ3v) is 10.8. The Hall–Kier alpha value is -3.98. The van der Waals surface area contributed by atoms with Crippen LogP contribution in [0.3, 0.4) is 0 Å². The summed E-state index contributed by atoms with van der Waals surface area (Å²) < 4.78 is 0. The summed E-state index contributed by atoms with van der Waals surface area (Å²) in [7, 11) is 0. The lowest BCUT2D eigenvalue weighted by Crippen LogP contribution is -2.52. The number of aromatic nitrogens is 1. The molecule has 4 aliphatic rings. The maximum atomic E-state index is 14.2. The van der Waals surface area contributed by atoms with Crippen molar-refractivity contribution < 1.29 is 14.4 Å². The predicted molar refractivity (Wildman–Crippen MR) is 179 cm³/mol. The molecule has 242 valence electrons. The number of piperidine rings is 3. The number of carbonyl (C=O) groups excluding carboxylic acids is 3. The minimum absolute atomic E-state index is 0.0341. The van der Waals surface area contributed by atoms with Gasteiger partial charge in [-0.2, -0.15) is 0 Å². The van der Waals surface area contributed by atoms with Crippen LogP contribution in [0.2, 0.25) is 0 Å². The zero-order chi connectivity index (χ0) is 31.5. The molecule has 0 saturated carbocycles. The zero-order valence-electron chi connectivity index (χ0n) is 26.8. The molecule has 4 aliphatic heterocycles. The first kappa shape index (κ1) is 30.7. The molecular formula is C37H46N6O3. The number of hydrogen-bond acceptors (Lipinski definition) is 5. The van der Waals surface area contributed by atoms with Crippen LogP contribution >= 0.6 is 0 Å². The Morgan fingerprint density at radius 2 is 1.50 bits per heavy atom. The molecule has 7 rings (SSSR count). The number of nitrogens with one attached hydrogen (secondary N) is 1. The molecule has 0 unspecified atom stereocenters. The van der Waals surface area contributed by atoms with E-state index in [2.05, 4.69) is 27.3 Å². The second-order valence-electron chi connectivity index (χ2n) is 13.6. The minimum atomic E-state index is -0.424. The number of pyridine rings is 1. The molecular weight excluding hydrogens is 576 g/mol. The van der Waals surface area contributed by atoms with Crippen molar-refractivity contribution in [3.05, 3.63) is 71.9 Å². The number of anilines is 1. The largest absolute Gasteiger partial charge is 0.343 e. The van der Waals surface area contributed by atoms with Crippen LogP contribution < -0.4 is 5.32 Å². The van der Waals surface area contributed by atoms with E-state index in [4.69, 9.17) is 0 Å². The molecule has 0 spiro atoms. The van der Waals surface area contributed by atoms with E-state index >= 15 is 0 Å². The van der Waals surface area contributed by atoms with Gasteiger partial charge in [0.05, 0.1) is 11.4 Å². The van der Waals surface area contributed by atoms with Crippen molar-refractivity contribution in [3.8, 4) is 0 Å². The van der Waals surface area contributed by atoms with Gasteiger partial charge in [0, 0.05) is 68.5 Å². The van der Waals surface area contributed by atoms with Crippen molar-refractivity contribution in [2.45, 2.75) is 76.4 Å². The van der Waals surface area contributed by atoms with Gasteiger partial charge in [0.15, 0.2) is 0 Å². The fraction of sp³-hybridized carbons (Fsp3) is 0.514. The number of amides is 4. The van der Waals surface area contributed by atoms with Crippen LogP contribution in [-0.4, -0.2) is 93.8 Å². The lowest BCUT2D eigenvalue weighted by Gasteiger charge is -2.41. The Bertz CT molecular complexity index is 1550. The number of hydrogen-bond donors (Lipinski definition) is 1. The fourth-order valence-electron chi connectivity index (χ4n) is 8.12. The highest BCUT2D eigenvalue weighted by Gasteiger charge is 2.36. The van der Waals surface area contributed by atoms with Crippen LogP contribution in [0.15, 0.2) is 60.8 Å². The van der Waals surface area contributed by atoms with E-state index in [1.54, 1.807) is 0 Å². The molecule has 1 aromatic heterocycles. The van der Waals surface area contributed by atoms with E-state index in [9.17, 15) is 14.4 Å². The Kier molecular flexibility index (Phi) is 9.19. The van der Waals surface area contributed by atoms with Crippen LogP contribution in [0, 0.1) is 5.92 Å². The van der Waals surface area contributed by atoms with Crippen molar-refractivity contribution >= 4 is 34.4 Å². The number of urea groups is 1. The van der Waals surface area contributed by atoms with Crippen molar-refractivity contribution in [2.75, 3.05) is 44.6 Å². The second kappa shape index (κ2) is 13.8. The maximum Gasteiger partial charge on any atom is 0.322 e. The summed E-state index contributed by atoms with van der Waals surface area (Å²) >= 11 is 0. The summed E-state index contributed by atoms with van der Waals surface area (Å²) in [5.74, 6) is -0.288. The number of likely N-dealkylation sites (tertiary alicyclic amines) is 3. The van der Waals surface area contributed by atoms with Crippen LogP contribution in [0.1, 0.15) is 62.5 Å². The first-order valence-corrected chi connectivity index (χ1v) is 17.3. The molecule has 0 radical (unpaired) electrons. The molecule has 3 aromatic rings. The van der Waals surface area contributed by atoms with E-state index in [1.165, 1.54) is 32.4 Å². The first-order chi connectivity index (χ1) is 22.5. The highest BCUT2D eigenvalue weighted by molar-refractivity contribution is 5.92. The monoisotopic (exact) mass is 622 g/mol. The lowest BCUT2D eigenvalue weighted by molar-refractivity contribution is -0.143. The molecule has 46 heavy (non-hydrogen) atoms. The summed E-state index contributed by atoms with van der Waals surface area (Å²) in [6.07, 6.45) is 9.89. The van der Waals surface area contributed by atoms with Gasteiger partial charge in [0.2, 0.25) is 11.8 Å². The number of fused-ring (bicyclic) bond motifs is 2. The van der Waals surface area contributed by atoms with Gasteiger partial charge in [-0.15, -0.1) is 0 Å². The Labute approximate surface area is 271 Å². The van der Waals surface area contributed by atoms with Crippen LogP contribution in [0.5, 0.6) is 0 Å². The Morgan fingerprint density at radius 1 is 0.804 bits per heavy atom. The average molecular weight is 623 g/mol. The number of nitrogens with zero attached hydrogens (tertiary/aromatic N) is 5. The molecule has 4 amide bonds. The molecule has 1 atom stereocenters. The summed E-state index contributed by atoms with van der Waals surface area (Å²) in [5.41, 5.74) is 3.97. The summed E-state index contributed by atoms with van der Waals surface area (Å²) in [6, 6.07) is 18.6. The van der Waals surface area contributed by atoms with Gasteiger partial charge < -0.3 is 24.9 Å². The quantitative estimate of drug-likeness (QED) is 0.387. The summed E-state index contributed by atoms with van der Waals surface area (Å²) in [6.45, 7) is 5.65. The van der Waals surface area contributed by atoms with E-state index < -0.39 is 5.92 Å². The number of benzene rings is 2. The molecule has 2 aromatic carbocycles. The van der Waals surface area contributed by atoms with Gasteiger partial charge in [-0.25, -0.2) is 4.79 Å². The molecule has 0 aliphatic carbocycles. The predicted octanol–water partition coefficient (Wildman–Crippen LogP) is 5.30. The Balaban J connectivity index is 1.02. The van der Waals surface area contributed by atoms with E-state index in [0.717, 1.165) is 66.5 Å². The van der Waals surface area contributed by atoms with Gasteiger partial charge in [0.1, 0.15) is 0 Å². The van der Waals surface area contributed by atoms with E-state index in [0.29, 0.717) is 32.1 Å². The van der Waals surface area contributed by atoms with Gasteiger partial charge >= 0.3 is 6.03 Å². The number of rotatable bonds is 7. The molecule has 9 heteroatoms. The molecule has 9 nitrogen and oxygen atoms in total. The van der Waals surface area contributed by atoms with Crippen LogP contribution in [0.4, 0.5) is 10.5 Å². The normalized spacial score (nSPS) is 20.8. The summed E-state index contributed by atoms with van der Waals surface area (Å²) in [4.78, 5) is 54.0. The van der Waals surface area contributed by atoms with Crippen molar-refractivity contribution in [1.29, 1.82) is 0 Å². The number of carbonyl (C=O) groups is 3. The average Bonchev–Trinajstić information content (AvgIpc) is 3.11. The van der Waals surface area contributed by atoms with Gasteiger partial charge in [-0.3, -0.25) is 14.6 Å². The number of para-hydroxylation sites is 2. The van der Waals surface area contributed by atoms with Crippen LogP contribution in [0.25, 0.3) is 10.9 Å². The SMILES string of the molecule is O=C(C[C@@H](Cc1ccnc2ccccc12)C(=O)N1CCC(N2CCCCC2)CC1)N1CCC(N2Cc3ccccc3NC2=O)CC1. The van der Waals surface area contributed by atoms with Crippen molar-refractivity contribution in [3.63, 3.8) is 0 Å².